The van der Waals surface area contributed by atoms with Crippen molar-refractivity contribution in [3.8, 4) is 0 Å². The van der Waals surface area contributed by atoms with Gasteiger partial charge in [-0.3, -0.25) is 0 Å². The van der Waals surface area contributed by atoms with Crippen LogP contribution in [0.4, 0.5) is 0 Å². The predicted molar refractivity (Wildman–Crippen MR) is 83.7 cm³/mol. The second kappa shape index (κ2) is 7.09. The Labute approximate surface area is 118 Å². The third-order valence-electron chi connectivity index (χ3n) is 4.40. The summed E-state index contributed by atoms with van der Waals surface area (Å²) in [7, 11) is 0. The predicted octanol–water partition coefficient (Wildman–Crippen LogP) is 4.40. The van der Waals surface area contributed by atoms with Gasteiger partial charge in [0.2, 0.25) is 0 Å². The summed E-state index contributed by atoms with van der Waals surface area (Å²) in [6.45, 7) is 7.85. The van der Waals surface area contributed by atoms with Crippen molar-refractivity contribution >= 4 is 0 Å². The smallest absolute Gasteiger partial charge is 0.00954 e. The van der Waals surface area contributed by atoms with Crippen LogP contribution in [0.5, 0.6) is 0 Å². The Morgan fingerprint density at radius 3 is 2.63 bits per heavy atom. The standard InChI is InChI=1S/C18H29N/c1-4-12-19-18(17-10-11-17)7-5-6-16-9-8-14(2)15(3)13-16/h8-9,13,17-19H,4-7,10-12H2,1-3H3. The van der Waals surface area contributed by atoms with Crippen LogP contribution in [0.1, 0.15) is 55.7 Å². The molecule has 0 aromatic heterocycles. The molecule has 19 heavy (non-hydrogen) atoms. The molecule has 0 heterocycles. The third kappa shape index (κ3) is 4.65. The molecule has 1 nitrogen and oxygen atoms in total. The monoisotopic (exact) mass is 259 g/mol. The molecule has 1 atom stereocenters. The number of nitrogens with one attached hydrogen (secondary N) is 1. The minimum Gasteiger partial charge on any atom is -0.314 e. The van der Waals surface area contributed by atoms with Gasteiger partial charge in [0.1, 0.15) is 0 Å². The zero-order chi connectivity index (χ0) is 13.7. The van der Waals surface area contributed by atoms with Crippen LogP contribution < -0.4 is 5.32 Å². The van der Waals surface area contributed by atoms with Crippen LogP contribution in [-0.2, 0) is 6.42 Å². The van der Waals surface area contributed by atoms with E-state index in [1.807, 2.05) is 0 Å². The van der Waals surface area contributed by atoms with E-state index in [0.29, 0.717) is 0 Å². The maximum Gasteiger partial charge on any atom is 0.00954 e. The molecule has 0 saturated heterocycles. The molecule has 1 aromatic rings. The molecule has 1 aliphatic rings. The van der Waals surface area contributed by atoms with E-state index in [1.54, 1.807) is 0 Å². The summed E-state index contributed by atoms with van der Waals surface area (Å²) >= 11 is 0. The zero-order valence-electron chi connectivity index (χ0n) is 12.8. The summed E-state index contributed by atoms with van der Waals surface area (Å²) in [6.07, 6.45) is 8.05. The molecular formula is C18H29N. The van der Waals surface area contributed by atoms with Gasteiger partial charge in [-0.1, -0.05) is 25.1 Å². The van der Waals surface area contributed by atoms with Gasteiger partial charge in [0.25, 0.3) is 0 Å². The maximum atomic E-state index is 3.74. The summed E-state index contributed by atoms with van der Waals surface area (Å²) in [6, 6.07) is 7.71. The van der Waals surface area contributed by atoms with Crippen LogP contribution in [0.15, 0.2) is 18.2 Å². The fourth-order valence-electron chi connectivity index (χ4n) is 2.82. The number of rotatable bonds is 8. The van der Waals surface area contributed by atoms with E-state index in [1.165, 1.54) is 61.8 Å². The van der Waals surface area contributed by atoms with Crippen LogP contribution >= 0.6 is 0 Å². The quantitative estimate of drug-likeness (QED) is 0.729. The molecule has 1 N–H and O–H groups in total. The highest BCUT2D eigenvalue weighted by Gasteiger charge is 2.29. The van der Waals surface area contributed by atoms with Crippen LogP contribution in [0.3, 0.4) is 0 Å². The van der Waals surface area contributed by atoms with E-state index in [0.717, 1.165) is 12.0 Å². The van der Waals surface area contributed by atoms with E-state index >= 15 is 0 Å². The normalized spacial score (nSPS) is 16.6. The molecule has 0 radical (unpaired) electrons. The average Bonchev–Trinajstić information content (AvgIpc) is 3.22. The van der Waals surface area contributed by atoms with Crippen LogP contribution in [0.25, 0.3) is 0 Å². The lowest BCUT2D eigenvalue weighted by atomic mass is 9.99. The fraction of sp³-hybridized carbons (Fsp3) is 0.667. The Hall–Kier alpha value is -0.820. The lowest BCUT2D eigenvalue weighted by molar-refractivity contribution is 0.425. The second-order valence-corrected chi connectivity index (χ2v) is 6.21. The number of benzene rings is 1. The first-order chi connectivity index (χ1) is 9.20. The van der Waals surface area contributed by atoms with Gasteiger partial charge < -0.3 is 5.32 Å². The highest BCUT2D eigenvalue weighted by Crippen LogP contribution is 2.34. The van der Waals surface area contributed by atoms with E-state index in [9.17, 15) is 0 Å². The van der Waals surface area contributed by atoms with Gasteiger partial charge >= 0.3 is 0 Å². The van der Waals surface area contributed by atoms with Crippen molar-refractivity contribution in [1.82, 2.24) is 5.32 Å². The van der Waals surface area contributed by atoms with Crippen molar-refractivity contribution in [2.45, 2.75) is 65.3 Å². The first-order valence-corrected chi connectivity index (χ1v) is 8.00. The largest absolute Gasteiger partial charge is 0.314 e. The number of hydrogen-bond donors (Lipinski definition) is 1. The van der Waals surface area contributed by atoms with Gasteiger partial charge in [-0.2, -0.15) is 0 Å². The third-order valence-corrected chi connectivity index (χ3v) is 4.40. The lowest BCUT2D eigenvalue weighted by Gasteiger charge is -2.17. The average molecular weight is 259 g/mol. The zero-order valence-corrected chi connectivity index (χ0v) is 12.8. The molecule has 1 fully saturated rings. The van der Waals surface area contributed by atoms with Gasteiger partial charge in [0.15, 0.2) is 0 Å². The second-order valence-electron chi connectivity index (χ2n) is 6.21. The number of hydrogen-bond acceptors (Lipinski definition) is 1. The summed E-state index contributed by atoms with van der Waals surface area (Å²) in [5, 5.41) is 3.74. The fourth-order valence-corrected chi connectivity index (χ4v) is 2.82. The van der Waals surface area contributed by atoms with Crippen LogP contribution in [0, 0.1) is 19.8 Å². The van der Waals surface area contributed by atoms with Crippen molar-refractivity contribution < 1.29 is 0 Å². The van der Waals surface area contributed by atoms with E-state index in [2.05, 4.69) is 44.3 Å². The minimum absolute atomic E-state index is 0.784. The lowest BCUT2D eigenvalue weighted by Crippen LogP contribution is -2.31. The molecule has 0 aliphatic heterocycles. The Morgan fingerprint density at radius 2 is 2.00 bits per heavy atom. The molecule has 0 bridgehead atoms. The first kappa shape index (κ1) is 14.6. The van der Waals surface area contributed by atoms with Gasteiger partial charge in [0, 0.05) is 6.04 Å². The molecule has 1 aromatic carbocycles. The van der Waals surface area contributed by atoms with Crippen molar-refractivity contribution in [2.24, 2.45) is 5.92 Å². The highest BCUT2D eigenvalue weighted by atomic mass is 14.9. The first-order valence-electron chi connectivity index (χ1n) is 8.00. The van der Waals surface area contributed by atoms with Gasteiger partial charge in [-0.15, -0.1) is 0 Å². The van der Waals surface area contributed by atoms with Crippen molar-refractivity contribution in [2.75, 3.05) is 6.54 Å². The Balaban J connectivity index is 1.76. The van der Waals surface area contributed by atoms with Gasteiger partial charge in [-0.25, -0.2) is 0 Å². The van der Waals surface area contributed by atoms with Crippen molar-refractivity contribution in [1.29, 1.82) is 0 Å². The summed E-state index contributed by atoms with van der Waals surface area (Å²) < 4.78 is 0. The van der Waals surface area contributed by atoms with E-state index < -0.39 is 0 Å². The van der Waals surface area contributed by atoms with Gasteiger partial charge in [-0.05, 0) is 81.5 Å². The summed E-state index contributed by atoms with van der Waals surface area (Å²) in [5.74, 6) is 0.978. The molecule has 1 aliphatic carbocycles. The SMILES string of the molecule is CCCNC(CCCc1ccc(C)c(C)c1)C1CC1. The van der Waals surface area contributed by atoms with Crippen molar-refractivity contribution in [3.63, 3.8) is 0 Å². The van der Waals surface area contributed by atoms with Gasteiger partial charge in [0.05, 0.1) is 0 Å². The molecule has 0 amide bonds. The van der Waals surface area contributed by atoms with E-state index in [4.69, 9.17) is 0 Å². The summed E-state index contributed by atoms with van der Waals surface area (Å²) in [5.41, 5.74) is 4.35. The molecule has 1 unspecified atom stereocenters. The maximum absolute atomic E-state index is 3.74. The Kier molecular flexibility index (Phi) is 5.45. The molecule has 0 spiro atoms. The molecule has 1 heteroatoms. The minimum atomic E-state index is 0.784. The van der Waals surface area contributed by atoms with E-state index in [-0.39, 0.29) is 0 Å². The molecule has 2 rings (SSSR count). The van der Waals surface area contributed by atoms with Crippen LogP contribution in [-0.4, -0.2) is 12.6 Å². The molecular weight excluding hydrogens is 230 g/mol. The number of aryl methyl sites for hydroxylation is 3. The molecule has 106 valence electrons. The Morgan fingerprint density at radius 1 is 1.21 bits per heavy atom. The topological polar surface area (TPSA) is 12.0 Å². The molecule has 1 saturated carbocycles. The Bertz CT molecular complexity index is 393. The highest BCUT2D eigenvalue weighted by molar-refractivity contribution is 5.29. The van der Waals surface area contributed by atoms with Crippen molar-refractivity contribution in [3.05, 3.63) is 34.9 Å². The summed E-state index contributed by atoms with van der Waals surface area (Å²) in [4.78, 5) is 0. The van der Waals surface area contributed by atoms with Crippen LogP contribution in [0.2, 0.25) is 0 Å².